The quantitative estimate of drug-likeness (QED) is 0.615. The summed E-state index contributed by atoms with van der Waals surface area (Å²) in [5, 5.41) is 2.61. The Bertz CT molecular complexity index is 654. The van der Waals surface area contributed by atoms with Crippen LogP contribution in [0.1, 0.15) is 39.2 Å². The van der Waals surface area contributed by atoms with Gasteiger partial charge in [0, 0.05) is 6.54 Å². The minimum atomic E-state index is -0.378. The molecule has 1 aromatic carbocycles. The number of ether oxygens (including phenoxy) is 2. The molecule has 130 valence electrons. The van der Waals surface area contributed by atoms with Crippen molar-refractivity contribution in [1.29, 1.82) is 0 Å². The zero-order valence-electron chi connectivity index (χ0n) is 14.6. The van der Waals surface area contributed by atoms with Gasteiger partial charge in [0.2, 0.25) is 0 Å². The van der Waals surface area contributed by atoms with Crippen molar-refractivity contribution in [3.8, 4) is 11.5 Å². The SMILES string of the molecule is CCCN1C(=O)N/C(=C/c2ccc(O[C@H](C)CC)c(OC)c2)C1=O. The number of carbonyl (C=O) groups is 2. The maximum atomic E-state index is 12.2. The van der Waals surface area contributed by atoms with Crippen LogP contribution in [-0.2, 0) is 4.79 Å². The number of carbonyl (C=O) groups excluding carboxylic acids is 2. The fourth-order valence-corrected chi connectivity index (χ4v) is 2.34. The molecule has 6 nitrogen and oxygen atoms in total. The fraction of sp³-hybridized carbons (Fsp3) is 0.444. The van der Waals surface area contributed by atoms with Crippen LogP contribution < -0.4 is 14.8 Å². The van der Waals surface area contributed by atoms with Crippen LogP contribution in [0.3, 0.4) is 0 Å². The normalized spacial score (nSPS) is 17.2. The van der Waals surface area contributed by atoms with Crippen LogP contribution in [-0.4, -0.2) is 36.6 Å². The van der Waals surface area contributed by atoms with E-state index < -0.39 is 0 Å². The van der Waals surface area contributed by atoms with E-state index in [-0.39, 0.29) is 23.7 Å². The van der Waals surface area contributed by atoms with E-state index in [0.717, 1.165) is 18.4 Å². The lowest BCUT2D eigenvalue weighted by Gasteiger charge is -2.15. The van der Waals surface area contributed by atoms with Crippen molar-refractivity contribution >= 4 is 18.0 Å². The minimum absolute atomic E-state index is 0.0846. The first-order chi connectivity index (χ1) is 11.5. The van der Waals surface area contributed by atoms with Crippen LogP contribution in [0.15, 0.2) is 23.9 Å². The Balaban J connectivity index is 2.24. The number of rotatable bonds is 7. The van der Waals surface area contributed by atoms with Crippen molar-refractivity contribution < 1.29 is 19.1 Å². The molecule has 0 bridgehead atoms. The molecule has 0 radical (unpaired) electrons. The molecule has 1 fully saturated rings. The number of urea groups is 1. The van der Waals surface area contributed by atoms with Gasteiger partial charge in [-0.05, 0) is 43.5 Å². The highest BCUT2D eigenvalue weighted by Crippen LogP contribution is 2.30. The van der Waals surface area contributed by atoms with Crippen molar-refractivity contribution in [3.63, 3.8) is 0 Å². The van der Waals surface area contributed by atoms with E-state index >= 15 is 0 Å². The van der Waals surface area contributed by atoms with Gasteiger partial charge in [-0.25, -0.2) is 4.79 Å². The average molecular weight is 332 g/mol. The summed E-state index contributed by atoms with van der Waals surface area (Å²) < 4.78 is 11.2. The van der Waals surface area contributed by atoms with E-state index in [0.29, 0.717) is 18.0 Å². The van der Waals surface area contributed by atoms with Crippen LogP contribution in [0.25, 0.3) is 6.08 Å². The summed E-state index contributed by atoms with van der Waals surface area (Å²) in [5.74, 6) is 0.941. The molecule has 1 aliphatic rings. The molecule has 0 unspecified atom stereocenters. The average Bonchev–Trinajstić information content (AvgIpc) is 2.83. The Labute approximate surface area is 142 Å². The van der Waals surface area contributed by atoms with Crippen LogP contribution in [0, 0.1) is 0 Å². The van der Waals surface area contributed by atoms with Crippen molar-refractivity contribution in [2.75, 3.05) is 13.7 Å². The highest BCUT2D eigenvalue weighted by Gasteiger charge is 2.32. The molecule has 1 aliphatic heterocycles. The van der Waals surface area contributed by atoms with Gasteiger partial charge in [-0.1, -0.05) is 19.9 Å². The van der Waals surface area contributed by atoms with Gasteiger partial charge in [0.25, 0.3) is 5.91 Å². The topological polar surface area (TPSA) is 67.9 Å². The summed E-state index contributed by atoms with van der Waals surface area (Å²) in [7, 11) is 1.57. The van der Waals surface area contributed by atoms with E-state index in [2.05, 4.69) is 5.32 Å². The summed E-state index contributed by atoms with van der Waals surface area (Å²) >= 11 is 0. The van der Waals surface area contributed by atoms with E-state index in [1.165, 1.54) is 4.90 Å². The van der Waals surface area contributed by atoms with E-state index in [9.17, 15) is 9.59 Å². The van der Waals surface area contributed by atoms with Gasteiger partial charge in [-0.2, -0.15) is 0 Å². The van der Waals surface area contributed by atoms with Crippen molar-refractivity contribution in [2.45, 2.75) is 39.7 Å². The van der Waals surface area contributed by atoms with Gasteiger partial charge in [0.1, 0.15) is 5.70 Å². The fourth-order valence-electron chi connectivity index (χ4n) is 2.34. The summed E-state index contributed by atoms with van der Waals surface area (Å²) in [5.41, 5.74) is 1.02. The number of methoxy groups -OCH3 is 1. The van der Waals surface area contributed by atoms with E-state index in [1.54, 1.807) is 19.3 Å². The molecule has 1 atom stereocenters. The first kappa shape index (κ1) is 17.8. The maximum Gasteiger partial charge on any atom is 0.329 e. The van der Waals surface area contributed by atoms with Gasteiger partial charge in [-0.15, -0.1) is 0 Å². The molecular formula is C18H24N2O4. The zero-order valence-corrected chi connectivity index (χ0v) is 14.6. The molecule has 1 aromatic rings. The van der Waals surface area contributed by atoms with Gasteiger partial charge >= 0.3 is 6.03 Å². The molecule has 1 heterocycles. The van der Waals surface area contributed by atoms with E-state index in [1.807, 2.05) is 32.9 Å². The molecule has 24 heavy (non-hydrogen) atoms. The molecule has 1 saturated heterocycles. The Kier molecular flexibility index (Phi) is 5.84. The van der Waals surface area contributed by atoms with Crippen LogP contribution in [0.2, 0.25) is 0 Å². The molecule has 0 saturated carbocycles. The Morgan fingerprint density at radius 1 is 1.25 bits per heavy atom. The lowest BCUT2D eigenvalue weighted by molar-refractivity contribution is -0.122. The molecular weight excluding hydrogens is 308 g/mol. The van der Waals surface area contributed by atoms with Gasteiger partial charge in [0.15, 0.2) is 11.5 Å². The third kappa shape index (κ3) is 3.88. The van der Waals surface area contributed by atoms with Crippen LogP contribution in [0.4, 0.5) is 4.79 Å². The summed E-state index contributed by atoms with van der Waals surface area (Å²) in [6.07, 6.45) is 3.34. The molecule has 0 aromatic heterocycles. The Morgan fingerprint density at radius 2 is 2.00 bits per heavy atom. The summed E-state index contributed by atoms with van der Waals surface area (Å²) in [6, 6.07) is 5.04. The molecule has 0 spiro atoms. The Hall–Kier alpha value is -2.50. The number of nitrogens with one attached hydrogen (secondary N) is 1. The number of hydrogen-bond acceptors (Lipinski definition) is 4. The number of hydrogen-bond donors (Lipinski definition) is 1. The predicted octanol–water partition coefficient (Wildman–Crippen LogP) is 3.18. The first-order valence-electron chi connectivity index (χ1n) is 8.19. The van der Waals surface area contributed by atoms with E-state index in [4.69, 9.17) is 9.47 Å². The second-order valence-electron chi connectivity index (χ2n) is 5.69. The maximum absolute atomic E-state index is 12.2. The van der Waals surface area contributed by atoms with Crippen LogP contribution in [0.5, 0.6) is 11.5 Å². The lowest BCUT2D eigenvalue weighted by atomic mass is 10.1. The largest absolute Gasteiger partial charge is 0.493 e. The second kappa shape index (κ2) is 7.86. The molecule has 0 aliphatic carbocycles. The third-order valence-corrected chi connectivity index (χ3v) is 3.81. The van der Waals surface area contributed by atoms with Crippen molar-refractivity contribution in [3.05, 3.63) is 29.5 Å². The van der Waals surface area contributed by atoms with Crippen molar-refractivity contribution in [2.24, 2.45) is 0 Å². The zero-order chi connectivity index (χ0) is 17.7. The predicted molar refractivity (Wildman–Crippen MR) is 91.9 cm³/mol. The standard InChI is InChI=1S/C18H24N2O4/c1-5-9-20-17(21)14(19-18(20)22)10-13-7-8-15(16(11-13)23-4)24-12(3)6-2/h7-8,10-12H,5-6,9H2,1-4H3,(H,19,22)/b14-10+/t12-/m1/s1. The third-order valence-electron chi connectivity index (χ3n) is 3.81. The molecule has 3 amide bonds. The Morgan fingerprint density at radius 3 is 2.62 bits per heavy atom. The van der Waals surface area contributed by atoms with Gasteiger partial charge < -0.3 is 14.8 Å². The highest BCUT2D eigenvalue weighted by atomic mass is 16.5. The van der Waals surface area contributed by atoms with Crippen LogP contribution >= 0.6 is 0 Å². The lowest BCUT2D eigenvalue weighted by Crippen LogP contribution is -2.31. The first-order valence-corrected chi connectivity index (χ1v) is 8.19. The number of benzene rings is 1. The summed E-state index contributed by atoms with van der Waals surface area (Å²) in [4.78, 5) is 25.3. The number of imide groups is 1. The monoisotopic (exact) mass is 332 g/mol. The minimum Gasteiger partial charge on any atom is -0.493 e. The van der Waals surface area contributed by atoms with Gasteiger partial charge in [0.05, 0.1) is 13.2 Å². The second-order valence-corrected chi connectivity index (χ2v) is 5.69. The van der Waals surface area contributed by atoms with Gasteiger partial charge in [-0.3, -0.25) is 9.69 Å². The number of amides is 3. The smallest absolute Gasteiger partial charge is 0.329 e. The van der Waals surface area contributed by atoms with Crippen molar-refractivity contribution in [1.82, 2.24) is 10.2 Å². The molecule has 6 heteroatoms. The highest BCUT2D eigenvalue weighted by molar-refractivity contribution is 6.13. The summed E-state index contributed by atoms with van der Waals surface area (Å²) in [6.45, 7) is 6.37. The molecule has 1 N–H and O–H groups in total. The molecule has 2 rings (SSSR count). The number of nitrogens with zero attached hydrogens (tertiary/aromatic N) is 1.